The standard InChI is InChI=1S/C19H22N2O/c1-4-16-6-5-11-21(16)17-8-10-19(14(2)12-17)22-18-9-7-15(3)20-13-18/h5,7-13,16H,4,6H2,1-3H3. The van der Waals surface area contributed by atoms with Gasteiger partial charge in [0.25, 0.3) is 0 Å². The van der Waals surface area contributed by atoms with Crippen molar-refractivity contribution in [1.29, 1.82) is 0 Å². The largest absolute Gasteiger partial charge is 0.455 e. The summed E-state index contributed by atoms with van der Waals surface area (Å²) in [5.41, 5.74) is 3.35. The summed E-state index contributed by atoms with van der Waals surface area (Å²) in [6.07, 6.45) is 8.47. The lowest BCUT2D eigenvalue weighted by Gasteiger charge is -2.25. The highest BCUT2D eigenvalue weighted by Gasteiger charge is 2.19. The molecule has 0 N–H and O–H groups in total. The number of pyridine rings is 1. The quantitative estimate of drug-likeness (QED) is 0.794. The number of benzene rings is 1. The highest BCUT2D eigenvalue weighted by molar-refractivity contribution is 5.57. The van der Waals surface area contributed by atoms with Crippen LogP contribution in [-0.2, 0) is 0 Å². The number of ether oxygens (including phenoxy) is 1. The van der Waals surface area contributed by atoms with Gasteiger partial charge in [0.1, 0.15) is 11.5 Å². The van der Waals surface area contributed by atoms with E-state index >= 15 is 0 Å². The molecule has 1 atom stereocenters. The second kappa shape index (κ2) is 6.22. The van der Waals surface area contributed by atoms with Gasteiger partial charge in [-0.1, -0.05) is 13.0 Å². The normalized spacial score (nSPS) is 17.0. The summed E-state index contributed by atoms with van der Waals surface area (Å²) in [5, 5.41) is 0. The van der Waals surface area contributed by atoms with Gasteiger partial charge >= 0.3 is 0 Å². The molecule has 0 saturated heterocycles. The van der Waals surface area contributed by atoms with Gasteiger partial charge in [0, 0.05) is 23.6 Å². The third kappa shape index (κ3) is 2.98. The van der Waals surface area contributed by atoms with Crippen molar-refractivity contribution in [2.45, 2.75) is 39.7 Å². The van der Waals surface area contributed by atoms with Gasteiger partial charge in [0.2, 0.25) is 0 Å². The van der Waals surface area contributed by atoms with E-state index in [0.29, 0.717) is 6.04 Å². The monoisotopic (exact) mass is 294 g/mol. The van der Waals surface area contributed by atoms with Gasteiger partial charge in [-0.15, -0.1) is 0 Å². The lowest BCUT2D eigenvalue weighted by Crippen LogP contribution is -2.25. The summed E-state index contributed by atoms with van der Waals surface area (Å²) in [5.74, 6) is 1.65. The van der Waals surface area contributed by atoms with Crippen molar-refractivity contribution in [2.75, 3.05) is 4.90 Å². The maximum absolute atomic E-state index is 5.94. The van der Waals surface area contributed by atoms with Crippen LogP contribution < -0.4 is 9.64 Å². The minimum atomic E-state index is 0.576. The number of rotatable bonds is 4. The zero-order chi connectivity index (χ0) is 15.5. The Bertz CT molecular complexity index is 676. The predicted octanol–water partition coefficient (Wildman–Crippen LogP) is 4.99. The molecule has 0 bridgehead atoms. The highest BCUT2D eigenvalue weighted by Crippen LogP contribution is 2.32. The molecule has 1 aliphatic rings. The lowest BCUT2D eigenvalue weighted by atomic mass is 10.1. The van der Waals surface area contributed by atoms with Gasteiger partial charge in [0.05, 0.1) is 6.20 Å². The summed E-state index contributed by atoms with van der Waals surface area (Å²) >= 11 is 0. The smallest absolute Gasteiger partial charge is 0.145 e. The first-order valence-corrected chi connectivity index (χ1v) is 7.83. The molecule has 3 heteroatoms. The maximum atomic E-state index is 5.94. The van der Waals surface area contributed by atoms with Crippen LogP contribution in [0.4, 0.5) is 5.69 Å². The van der Waals surface area contributed by atoms with Crippen molar-refractivity contribution in [3.8, 4) is 11.5 Å². The van der Waals surface area contributed by atoms with Crippen molar-refractivity contribution in [3.05, 3.63) is 60.1 Å². The van der Waals surface area contributed by atoms with Crippen LogP contribution in [0.1, 0.15) is 31.0 Å². The Kier molecular flexibility index (Phi) is 4.14. The summed E-state index contributed by atoms with van der Waals surface area (Å²) in [7, 11) is 0. The first-order valence-electron chi connectivity index (χ1n) is 7.83. The molecule has 1 aliphatic heterocycles. The Morgan fingerprint density at radius 1 is 1.23 bits per heavy atom. The lowest BCUT2D eigenvalue weighted by molar-refractivity contribution is 0.476. The molecular weight excluding hydrogens is 272 g/mol. The number of hydrogen-bond acceptors (Lipinski definition) is 3. The van der Waals surface area contributed by atoms with E-state index in [1.807, 2.05) is 25.1 Å². The molecule has 0 saturated carbocycles. The fourth-order valence-corrected chi connectivity index (χ4v) is 2.78. The van der Waals surface area contributed by atoms with Crippen LogP contribution in [0.5, 0.6) is 11.5 Å². The van der Waals surface area contributed by atoms with Gasteiger partial charge in [-0.2, -0.15) is 0 Å². The van der Waals surface area contributed by atoms with Crippen molar-refractivity contribution in [1.82, 2.24) is 4.98 Å². The first kappa shape index (κ1) is 14.6. The number of aromatic nitrogens is 1. The van der Waals surface area contributed by atoms with E-state index in [0.717, 1.165) is 35.6 Å². The number of aryl methyl sites for hydroxylation is 2. The van der Waals surface area contributed by atoms with Crippen LogP contribution in [0, 0.1) is 13.8 Å². The van der Waals surface area contributed by atoms with Crippen LogP contribution in [-0.4, -0.2) is 11.0 Å². The Hall–Kier alpha value is -2.29. The summed E-state index contributed by atoms with van der Waals surface area (Å²) < 4.78 is 5.94. The van der Waals surface area contributed by atoms with Crippen molar-refractivity contribution < 1.29 is 4.74 Å². The fraction of sp³-hybridized carbons (Fsp3) is 0.316. The van der Waals surface area contributed by atoms with Crippen molar-refractivity contribution in [3.63, 3.8) is 0 Å². The molecule has 0 fully saturated rings. The maximum Gasteiger partial charge on any atom is 0.145 e. The molecular formula is C19H22N2O. The van der Waals surface area contributed by atoms with Crippen molar-refractivity contribution >= 4 is 5.69 Å². The van der Waals surface area contributed by atoms with E-state index in [9.17, 15) is 0 Å². The SMILES string of the molecule is CCC1CC=CN1c1ccc(Oc2ccc(C)nc2)c(C)c1. The van der Waals surface area contributed by atoms with Gasteiger partial charge in [-0.3, -0.25) is 4.98 Å². The number of nitrogens with zero attached hydrogens (tertiary/aromatic N) is 2. The zero-order valence-corrected chi connectivity index (χ0v) is 13.4. The van der Waals surface area contributed by atoms with Crippen LogP contribution in [0.25, 0.3) is 0 Å². The number of hydrogen-bond donors (Lipinski definition) is 0. The highest BCUT2D eigenvalue weighted by atomic mass is 16.5. The third-order valence-electron chi connectivity index (χ3n) is 4.11. The van der Waals surface area contributed by atoms with Crippen molar-refractivity contribution in [2.24, 2.45) is 0 Å². The average molecular weight is 294 g/mol. The van der Waals surface area contributed by atoms with E-state index in [1.165, 1.54) is 5.69 Å². The van der Waals surface area contributed by atoms with E-state index in [-0.39, 0.29) is 0 Å². The van der Waals surface area contributed by atoms with E-state index in [1.54, 1.807) is 6.20 Å². The zero-order valence-electron chi connectivity index (χ0n) is 13.4. The predicted molar refractivity (Wildman–Crippen MR) is 90.5 cm³/mol. The molecule has 3 rings (SSSR count). The molecule has 1 unspecified atom stereocenters. The minimum Gasteiger partial charge on any atom is -0.455 e. The first-order chi connectivity index (χ1) is 10.7. The molecule has 114 valence electrons. The van der Waals surface area contributed by atoms with Gasteiger partial charge in [-0.05, 0) is 62.6 Å². The van der Waals surface area contributed by atoms with Gasteiger partial charge in [0.15, 0.2) is 0 Å². The minimum absolute atomic E-state index is 0.576. The second-order valence-corrected chi connectivity index (χ2v) is 5.78. The summed E-state index contributed by atoms with van der Waals surface area (Å²) in [4.78, 5) is 6.62. The van der Waals surface area contributed by atoms with Gasteiger partial charge < -0.3 is 9.64 Å². The summed E-state index contributed by atoms with van der Waals surface area (Å²) in [6, 6.07) is 10.8. The van der Waals surface area contributed by atoms with E-state index in [4.69, 9.17) is 4.74 Å². The molecule has 0 radical (unpaired) electrons. The van der Waals surface area contributed by atoms with Crippen LogP contribution in [0.3, 0.4) is 0 Å². The second-order valence-electron chi connectivity index (χ2n) is 5.78. The average Bonchev–Trinajstić information content (AvgIpc) is 3.00. The van der Waals surface area contributed by atoms with E-state index in [2.05, 4.69) is 48.1 Å². The topological polar surface area (TPSA) is 25.4 Å². The molecule has 2 aromatic rings. The molecule has 22 heavy (non-hydrogen) atoms. The third-order valence-corrected chi connectivity index (χ3v) is 4.11. The molecule has 3 nitrogen and oxygen atoms in total. The Labute approximate surface area is 132 Å². The molecule has 0 amide bonds. The Balaban J connectivity index is 1.80. The molecule has 1 aromatic heterocycles. The Morgan fingerprint density at radius 2 is 2.09 bits per heavy atom. The molecule has 0 aliphatic carbocycles. The fourth-order valence-electron chi connectivity index (χ4n) is 2.78. The molecule has 1 aromatic carbocycles. The number of anilines is 1. The molecule has 2 heterocycles. The molecule has 0 spiro atoms. The van der Waals surface area contributed by atoms with Crippen LogP contribution in [0.15, 0.2) is 48.8 Å². The summed E-state index contributed by atoms with van der Waals surface area (Å²) in [6.45, 7) is 6.29. The van der Waals surface area contributed by atoms with E-state index < -0.39 is 0 Å². The van der Waals surface area contributed by atoms with Gasteiger partial charge in [-0.25, -0.2) is 0 Å². The van der Waals surface area contributed by atoms with Crippen LogP contribution >= 0.6 is 0 Å². The van der Waals surface area contributed by atoms with Crippen LogP contribution in [0.2, 0.25) is 0 Å². The Morgan fingerprint density at radius 3 is 2.77 bits per heavy atom.